The van der Waals surface area contributed by atoms with E-state index in [-0.39, 0.29) is 11.9 Å². The lowest BCUT2D eigenvalue weighted by Crippen LogP contribution is -2.49. The third kappa shape index (κ3) is 3.33. The molecule has 0 saturated carbocycles. The smallest absolute Gasteiger partial charge is 0.264 e. The van der Waals surface area contributed by atoms with Gasteiger partial charge < -0.3 is 5.32 Å². The van der Waals surface area contributed by atoms with Gasteiger partial charge in [0.05, 0.1) is 0 Å². The van der Waals surface area contributed by atoms with E-state index in [4.69, 9.17) is 0 Å². The molecular weight excluding hydrogens is 414 g/mol. The summed E-state index contributed by atoms with van der Waals surface area (Å²) in [5.74, 6) is -0.350. The lowest BCUT2D eigenvalue weighted by molar-refractivity contribution is -0.120. The van der Waals surface area contributed by atoms with Crippen LogP contribution in [0.5, 0.6) is 0 Å². The van der Waals surface area contributed by atoms with Gasteiger partial charge in [-0.3, -0.25) is 10.1 Å². The number of nitrogens with one attached hydrogen (secondary N) is 2. The van der Waals surface area contributed by atoms with Gasteiger partial charge in [0.1, 0.15) is 6.07 Å². The minimum absolute atomic E-state index is 0.209. The van der Waals surface area contributed by atoms with Crippen LogP contribution in [-0.2, 0) is 16.8 Å². The van der Waals surface area contributed by atoms with Crippen molar-refractivity contribution in [2.24, 2.45) is 0 Å². The summed E-state index contributed by atoms with van der Waals surface area (Å²) in [6.07, 6.45) is 0.658. The van der Waals surface area contributed by atoms with Gasteiger partial charge in [0.2, 0.25) is 5.54 Å². The number of amides is 1. The molecular formula is C23H18BrN3O. The standard InChI is InChI=1S/C23H18BrN3O/c24-18-11-12-20-19(14-18)23(15-25,22(28)26-20)27-21(17-9-5-2-6-10-17)13-16-7-3-1-4-8-16/h1-12,14,21,27H,13H2,(H,26,28). The fourth-order valence-electron chi connectivity index (χ4n) is 3.61. The molecule has 0 aromatic heterocycles. The highest BCUT2D eigenvalue weighted by molar-refractivity contribution is 9.10. The number of nitriles is 1. The Bertz CT molecular complexity index is 1050. The topological polar surface area (TPSA) is 64.9 Å². The monoisotopic (exact) mass is 431 g/mol. The first-order valence-electron chi connectivity index (χ1n) is 9.02. The Hall–Kier alpha value is -2.94. The van der Waals surface area contributed by atoms with Gasteiger partial charge >= 0.3 is 0 Å². The highest BCUT2D eigenvalue weighted by Gasteiger charge is 2.49. The lowest BCUT2D eigenvalue weighted by atomic mass is 9.89. The summed E-state index contributed by atoms with van der Waals surface area (Å²) in [7, 11) is 0. The van der Waals surface area contributed by atoms with Crippen LogP contribution in [-0.4, -0.2) is 5.91 Å². The molecule has 28 heavy (non-hydrogen) atoms. The third-order valence-corrected chi connectivity index (χ3v) is 5.51. The number of carbonyl (C=O) groups is 1. The van der Waals surface area contributed by atoms with Crippen molar-refractivity contribution in [3.63, 3.8) is 0 Å². The maximum absolute atomic E-state index is 12.9. The third-order valence-electron chi connectivity index (χ3n) is 5.02. The largest absolute Gasteiger partial charge is 0.323 e. The second kappa shape index (κ2) is 7.59. The van der Waals surface area contributed by atoms with Crippen LogP contribution in [0.1, 0.15) is 22.7 Å². The Balaban J connectivity index is 1.76. The van der Waals surface area contributed by atoms with Crippen molar-refractivity contribution in [1.82, 2.24) is 5.32 Å². The first kappa shape index (κ1) is 18.4. The van der Waals surface area contributed by atoms with E-state index < -0.39 is 5.54 Å². The number of benzene rings is 3. The highest BCUT2D eigenvalue weighted by atomic mass is 79.9. The molecule has 2 atom stereocenters. The second-order valence-corrected chi connectivity index (χ2v) is 7.72. The average Bonchev–Trinajstić information content (AvgIpc) is 3.00. The molecule has 1 heterocycles. The molecule has 2 unspecified atom stereocenters. The van der Waals surface area contributed by atoms with Crippen molar-refractivity contribution < 1.29 is 4.79 Å². The highest BCUT2D eigenvalue weighted by Crippen LogP contribution is 2.39. The fourth-order valence-corrected chi connectivity index (χ4v) is 3.97. The minimum Gasteiger partial charge on any atom is -0.323 e. The van der Waals surface area contributed by atoms with Gasteiger partial charge in [-0.05, 0) is 35.7 Å². The second-order valence-electron chi connectivity index (χ2n) is 6.80. The first-order valence-corrected chi connectivity index (χ1v) is 9.81. The molecule has 4 nitrogen and oxygen atoms in total. The number of rotatable bonds is 5. The number of hydrogen-bond donors (Lipinski definition) is 2. The number of fused-ring (bicyclic) bond motifs is 1. The van der Waals surface area contributed by atoms with E-state index in [2.05, 4.69) is 44.8 Å². The van der Waals surface area contributed by atoms with Crippen LogP contribution in [0.25, 0.3) is 0 Å². The van der Waals surface area contributed by atoms with Crippen molar-refractivity contribution >= 4 is 27.5 Å². The van der Waals surface area contributed by atoms with Crippen molar-refractivity contribution in [2.75, 3.05) is 5.32 Å². The zero-order chi connectivity index (χ0) is 19.6. The van der Waals surface area contributed by atoms with Gasteiger partial charge in [-0.15, -0.1) is 0 Å². The maximum atomic E-state index is 12.9. The Kier molecular flexibility index (Phi) is 4.99. The molecule has 2 N–H and O–H groups in total. The summed E-state index contributed by atoms with van der Waals surface area (Å²) in [5.41, 5.74) is 2.01. The van der Waals surface area contributed by atoms with Crippen molar-refractivity contribution in [2.45, 2.75) is 18.0 Å². The average molecular weight is 432 g/mol. The molecule has 0 bridgehead atoms. The van der Waals surface area contributed by atoms with Crippen LogP contribution < -0.4 is 10.6 Å². The van der Waals surface area contributed by atoms with Gasteiger partial charge in [0.25, 0.3) is 5.91 Å². The summed E-state index contributed by atoms with van der Waals surface area (Å²) in [4.78, 5) is 12.9. The quantitative estimate of drug-likeness (QED) is 0.615. The summed E-state index contributed by atoms with van der Waals surface area (Å²) in [6, 6.07) is 27.5. The van der Waals surface area contributed by atoms with Crippen LogP contribution >= 0.6 is 15.9 Å². The lowest BCUT2D eigenvalue weighted by Gasteiger charge is -2.28. The zero-order valence-corrected chi connectivity index (χ0v) is 16.6. The van der Waals surface area contributed by atoms with E-state index >= 15 is 0 Å². The van der Waals surface area contributed by atoms with E-state index in [0.29, 0.717) is 17.7 Å². The van der Waals surface area contributed by atoms with Gasteiger partial charge in [0, 0.05) is 21.8 Å². The molecule has 3 aromatic carbocycles. The molecule has 138 valence electrons. The SMILES string of the molecule is N#CC1(NC(Cc2ccccc2)c2ccccc2)C(=O)Nc2ccc(Br)cc21. The van der Waals surface area contributed by atoms with E-state index in [1.54, 1.807) is 0 Å². The summed E-state index contributed by atoms with van der Waals surface area (Å²) >= 11 is 3.45. The van der Waals surface area contributed by atoms with Crippen LogP contribution in [0.4, 0.5) is 5.69 Å². The molecule has 0 spiro atoms. The number of halogens is 1. The van der Waals surface area contributed by atoms with Crippen molar-refractivity contribution in [1.29, 1.82) is 5.26 Å². The molecule has 0 aliphatic carbocycles. The molecule has 4 rings (SSSR count). The fraction of sp³-hybridized carbons (Fsp3) is 0.130. The van der Waals surface area contributed by atoms with Gasteiger partial charge in [-0.2, -0.15) is 5.26 Å². The Morgan fingerprint density at radius 3 is 2.39 bits per heavy atom. The van der Waals surface area contributed by atoms with Crippen LogP contribution in [0.3, 0.4) is 0 Å². The van der Waals surface area contributed by atoms with Crippen LogP contribution in [0.15, 0.2) is 83.3 Å². The number of carbonyl (C=O) groups excluding carboxylic acids is 1. The molecule has 1 aliphatic rings. The molecule has 1 aliphatic heterocycles. The molecule has 3 aromatic rings. The Labute approximate surface area is 172 Å². The normalized spacial score (nSPS) is 18.8. The minimum atomic E-state index is -1.45. The van der Waals surface area contributed by atoms with Crippen molar-refractivity contribution in [3.8, 4) is 6.07 Å². The zero-order valence-electron chi connectivity index (χ0n) is 15.0. The van der Waals surface area contributed by atoms with Gasteiger partial charge in [0.15, 0.2) is 0 Å². The van der Waals surface area contributed by atoms with Crippen molar-refractivity contribution in [3.05, 3.63) is 100 Å². The molecule has 1 amide bonds. The van der Waals surface area contributed by atoms with Gasteiger partial charge in [-0.25, -0.2) is 0 Å². The molecule has 0 saturated heterocycles. The predicted octanol–water partition coefficient (Wildman–Crippen LogP) is 4.69. The molecule has 0 radical (unpaired) electrons. The summed E-state index contributed by atoms with van der Waals surface area (Å²) < 4.78 is 0.823. The van der Waals surface area contributed by atoms with Crippen LogP contribution in [0, 0.1) is 11.3 Å². The van der Waals surface area contributed by atoms with E-state index in [0.717, 1.165) is 15.6 Å². The Morgan fingerprint density at radius 2 is 1.71 bits per heavy atom. The van der Waals surface area contributed by atoms with Gasteiger partial charge in [-0.1, -0.05) is 76.6 Å². The summed E-state index contributed by atoms with van der Waals surface area (Å²) in [5, 5.41) is 16.3. The predicted molar refractivity (Wildman–Crippen MR) is 113 cm³/mol. The summed E-state index contributed by atoms with van der Waals surface area (Å²) in [6.45, 7) is 0. The Morgan fingerprint density at radius 1 is 1.04 bits per heavy atom. The molecule has 5 heteroatoms. The number of hydrogen-bond acceptors (Lipinski definition) is 3. The maximum Gasteiger partial charge on any atom is 0.264 e. The van der Waals surface area contributed by atoms with E-state index in [1.165, 1.54) is 0 Å². The van der Waals surface area contributed by atoms with E-state index in [1.807, 2.05) is 66.7 Å². The van der Waals surface area contributed by atoms with Crippen LogP contribution in [0.2, 0.25) is 0 Å². The molecule has 0 fully saturated rings. The first-order chi connectivity index (χ1) is 13.6. The number of nitrogens with zero attached hydrogens (tertiary/aromatic N) is 1. The number of anilines is 1. The van der Waals surface area contributed by atoms with E-state index in [9.17, 15) is 10.1 Å².